The Bertz CT molecular complexity index is 792. The molecule has 0 heterocycles. The molecule has 0 aliphatic rings. The van der Waals surface area contributed by atoms with Gasteiger partial charge in [0.25, 0.3) is 11.8 Å². The fourth-order valence-electron chi connectivity index (χ4n) is 2.00. The van der Waals surface area contributed by atoms with Gasteiger partial charge in [-0.1, -0.05) is 18.2 Å². The molecular formula is C18H17FN2O4. The van der Waals surface area contributed by atoms with E-state index in [9.17, 15) is 18.8 Å². The van der Waals surface area contributed by atoms with Crippen LogP contribution in [0.1, 0.15) is 15.9 Å². The molecule has 0 radical (unpaired) electrons. The highest BCUT2D eigenvalue weighted by Crippen LogP contribution is 2.09. The number of halogens is 1. The minimum atomic E-state index is -0.774. The zero-order chi connectivity index (χ0) is 18.2. The van der Waals surface area contributed by atoms with Crippen LogP contribution in [0.15, 0.2) is 48.5 Å². The van der Waals surface area contributed by atoms with Gasteiger partial charge in [0, 0.05) is 11.3 Å². The van der Waals surface area contributed by atoms with Crippen LogP contribution in [-0.4, -0.2) is 30.9 Å². The number of nitrogens with one attached hydrogen (secondary N) is 2. The molecule has 2 rings (SSSR count). The number of esters is 1. The van der Waals surface area contributed by atoms with Crippen LogP contribution in [-0.2, 0) is 14.3 Å². The van der Waals surface area contributed by atoms with Crippen LogP contribution in [0.5, 0.6) is 0 Å². The standard InChI is InChI=1S/C18H17FN2O4/c1-12-4-2-7-15(8-12)21-16(22)11-25-17(23)10-20-18(24)13-5-3-6-14(19)9-13/h2-9H,10-11H2,1H3,(H,20,24)(H,21,22). The molecule has 7 heteroatoms. The fourth-order valence-corrected chi connectivity index (χ4v) is 2.00. The van der Waals surface area contributed by atoms with Gasteiger partial charge in [-0.25, -0.2) is 4.39 Å². The van der Waals surface area contributed by atoms with E-state index in [0.717, 1.165) is 11.6 Å². The number of carbonyl (C=O) groups excluding carboxylic acids is 3. The summed E-state index contributed by atoms with van der Waals surface area (Å²) in [4.78, 5) is 35.0. The second-order valence-electron chi connectivity index (χ2n) is 5.27. The second kappa shape index (κ2) is 8.58. The van der Waals surface area contributed by atoms with Gasteiger partial charge in [-0.2, -0.15) is 0 Å². The Morgan fingerprint density at radius 2 is 1.84 bits per heavy atom. The first kappa shape index (κ1) is 18.1. The molecule has 2 N–H and O–H groups in total. The van der Waals surface area contributed by atoms with Gasteiger partial charge in [0.1, 0.15) is 12.4 Å². The molecule has 0 bridgehead atoms. The molecule has 0 saturated heterocycles. The van der Waals surface area contributed by atoms with Crippen molar-refractivity contribution in [3.8, 4) is 0 Å². The minimum Gasteiger partial charge on any atom is -0.454 e. The molecule has 0 fully saturated rings. The number of ether oxygens (including phenoxy) is 1. The van der Waals surface area contributed by atoms with Gasteiger partial charge in [-0.3, -0.25) is 14.4 Å². The van der Waals surface area contributed by atoms with Crippen LogP contribution in [0.25, 0.3) is 0 Å². The number of aryl methyl sites for hydroxylation is 1. The van der Waals surface area contributed by atoms with Crippen molar-refractivity contribution in [1.82, 2.24) is 5.32 Å². The van der Waals surface area contributed by atoms with Crippen molar-refractivity contribution < 1.29 is 23.5 Å². The van der Waals surface area contributed by atoms with Gasteiger partial charge in [0.15, 0.2) is 6.61 Å². The van der Waals surface area contributed by atoms with Crippen LogP contribution in [0, 0.1) is 12.7 Å². The highest BCUT2D eigenvalue weighted by molar-refractivity contribution is 5.96. The Balaban J connectivity index is 1.73. The number of benzene rings is 2. The number of hydrogen-bond acceptors (Lipinski definition) is 4. The molecule has 2 aromatic rings. The molecule has 130 valence electrons. The zero-order valence-corrected chi connectivity index (χ0v) is 13.5. The number of hydrogen-bond donors (Lipinski definition) is 2. The summed E-state index contributed by atoms with van der Waals surface area (Å²) in [5.74, 6) is -2.43. The van der Waals surface area contributed by atoms with Gasteiger partial charge in [0.05, 0.1) is 0 Å². The topological polar surface area (TPSA) is 84.5 Å². The number of anilines is 1. The van der Waals surface area contributed by atoms with E-state index in [2.05, 4.69) is 10.6 Å². The summed E-state index contributed by atoms with van der Waals surface area (Å²) in [7, 11) is 0. The zero-order valence-electron chi connectivity index (χ0n) is 13.5. The Morgan fingerprint density at radius 3 is 2.56 bits per heavy atom. The van der Waals surface area contributed by atoms with Crippen LogP contribution in [0.3, 0.4) is 0 Å². The normalized spacial score (nSPS) is 10.0. The summed E-state index contributed by atoms with van der Waals surface area (Å²) in [6, 6.07) is 12.2. The molecule has 0 aromatic heterocycles. The Labute approximate surface area is 144 Å². The van der Waals surface area contributed by atoms with Crippen molar-refractivity contribution in [3.05, 3.63) is 65.5 Å². The monoisotopic (exact) mass is 344 g/mol. The van der Waals surface area contributed by atoms with Gasteiger partial charge < -0.3 is 15.4 Å². The maximum atomic E-state index is 13.0. The molecule has 25 heavy (non-hydrogen) atoms. The van der Waals surface area contributed by atoms with Crippen LogP contribution in [0.4, 0.5) is 10.1 Å². The number of rotatable bonds is 6. The van der Waals surface area contributed by atoms with E-state index in [0.29, 0.717) is 5.69 Å². The van der Waals surface area contributed by atoms with Crippen molar-refractivity contribution in [2.45, 2.75) is 6.92 Å². The van der Waals surface area contributed by atoms with Gasteiger partial charge in [-0.15, -0.1) is 0 Å². The largest absolute Gasteiger partial charge is 0.454 e. The van der Waals surface area contributed by atoms with Crippen LogP contribution < -0.4 is 10.6 Å². The Kier molecular flexibility index (Phi) is 6.22. The van der Waals surface area contributed by atoms with E-state index < -0.39 is 36.8 Å². The summed E-state index contributed by atoms with van der Waals surface area (Å²) in [6.45, 7) is 0.993. The molecule has 0 spiro atoms. The van der Waals surface area contributed by atoms with Crippen molar-refractivity contribution in [1.29, 1.82) is 0 Å². The quantitative estimate of drug-likeness (QED) is 0.786. The molecule has 0 aliphatic heterocycles. The second-order valence-corrected chi connectivity index (χ2v) is 5.27. The van der Waals surface area contributed by atoms with Crippen LogP contribution >= 0.6 is 0 Å². The van der Waals surface area contributed by atoms with Gasteiger partial charge in [0.2, 0.25) is 0 Å². The number of carbonyl (C=O) groups is 3. The molecule has 6 nitrogen and oxygen atoms in total. The molecule has 2 aromatic carbocycles. The highest BCUT2D eigenvalue weighted by atomic mass is 19.1. The lowest BCUT2D eigenvalue weighted by Gasteiger charge is -2.08. The van der Waals surface area contributed by atoms with E-state index in [-0.39, 0.29) is 5.56 Å². The molecule has 0 saturated carbocycles. The molecule has 2 amide bonds. The summed E-state index contributed by atoms with van der Waals surface area (Å²) >= 11 is 0. The highest BCUT2D eigenvalue weighted by Gasteiger charge is 2.11. The lowest BCUT2D eigenvalue weighted by atomic mass is 10.2. The number of amides is 2. The minimum absolute atomic E-state index is 0.0880. The molecule has 0 unspecified atom stereocenters. The van der Waals surface area contributed by atoms with Crippen molar-refractivity contribution >= 4 is 23.5 Å². The fraction of sp³-hybridized carbons (Fsp3) is 0.167. The van der Waals surface area contributed by atoms with Crippen LogP contribution in [0.2, 0.25) is 0 Å². The SMILES string of the molecule is Cc1cccc(NC(=O)COC(=O)CNC(=O)c2cccc(F)c2)c1. The van der Waals surface area contributed by atoms with E-state index in [1.165, 1.54) is 18.2 Å². The summed E-state index contributed by atoms with van der Waals surface area (Å²) in [6.07, 6.45) is 0. The molecule has 0 aliphatic carbocycles. The first-order chi connectivity index (χ1) is 11.9. The Morgan fingerprint density at radius 1 is 1.08 bits per heavy atom. The summed E-state index contributed by atoms with van der Waals surface area (Å²) in [5, 5.41) is 4.88. The third-order valence-corrected chi connectivity index (χ3v) is 3.15. The summed E-state index contributed by atoms with van der Waals surface area (Å²) in [5.41, 5.74) is 1.67. The lowest BCUT2D eigenvalue weighted by Crippen LogP contribution is -2.32. The molecule has 0 atom stereocenters. The first-order valence-electron chi connectivity index (χ1n) is 7.50. The van der Waals surface area contributed by atoms with Crippen molar-refractivity contribution in [2.24, 2.45) is 0 Å². The van der Waals surface area contributed by atoms with E-state index in [1.54, 1.807) is 18.2 Å². The third kappa shape index (κ3) is 6.06. The average Bonchev–Trinajstić information content (AvgIpc) is 2.58. The smallest absolute Gasteiger partial charge is 0.325 e. The Hall–Kier alpha value is -3.22. The predicted molar refractivity (Wildman–Crippen MR) is 89.5 cm³/mol. The average molecular weight is 344 g/mol. The van der Waals surface area contributed by atoms with Gasteiger partial charge in [-0.05, 0) is 42.8 Å². The first-order valence-corrected chi connectivity index (χ1v) is 7.50. The van der Waals surface area contributed by atoms with E-state index >= 15 is 0 Å². The predicted octanol–water partition coefficient (Wildman–Crippen LogP) is 2.05. The molecular weight excluding hydrogens is 327 g/mol. The van der Waals surface area contributed by atoms with Crippen molar-refractivity contribution in [3.63, 3.8) is 0 Å². The maximum absolute atomic E-state index is 13.0. The van der Waals surface area contributed by atoms with E-state index in [4.69, 9.17) is 4.74 Å². The third-order valence-electron chi connectivity index (χ3n) is 3.15. The maximum Gasteiger partial charge on any atom is 0.325 e. The summed E-state index contributed by atoms with van der Waals surface area (Å²) < 4.78 is 17.8. The van der Waals surface area contributed by atoms with Gasteiger partial charge >= 0.3 is 5.97 Å². The van der Waals surface area contributed by atoms with Crippen molar-refractivity contribution in [2.75, 3.05) is 18.5 Å². The lowest BCUT2D eigenvalue weighted by molar-refractivity contribution is -0.146. The van der Waals surface area contributed by atoms with E-state index in [1.807, 2.05) is 13.0 Å².